The maximum Gasteiger partial charge on any atom is 0.243 e. The minimum Gasteiger partial charge on any atom is -0.345 e. The van der Waals surface area contributed by atoms with Crippen molar-refractivity contribution >= 4 is 23.4 Å². The summed E-state index contributed by atoms with van der Waals surface area (Å²) in [6.45, 7) is 2.34. The van der Waals surface area contributed by atoms with Gasteiger partial charge in [-0.25, -0.2) is 0 Å². The Morgan fingerprint density at radius 3 is 2.78 bits per heavy atom. The van der Waals surface area contributed by atoms with Crippen LogP contribution in [-0.4, -0.2) is 29.3 Å². The van der Waals surface area contributed by atoms with Gasteiger partial charge in [0.1, 0.15) is 6.04 Å². The normalized spacial score (nSPS) is 19.9. The number of carbonyl (C=O) groups excluding carboxylic acids is 2. The van der Waals surface area contributed by atoms with Crippen LogP contribution in [0.3, 0.4) is 0 Å². The Bertz CT molecular complexity index is 476. The van der Waals surface area contributed by atoms with E-state index in [1.165, 1.54) is 0 Å². The maximum absolute atomic E-state index is 11.9. The smallest absolute Gasteiger partial charge is 0.243 e. The van der Waals surface area contributed by atoms with Crippen LogP contribution in [0.4, 0.5) is 0 Å². The van der Waals surface area contributed by atoms with Gasteiger partial charge in [-0.2, -0.15) is 0 Å². The van der Waals surface area contributed by atoms with Gasteiger partial charge in [0.25, 0.3) is 0 Å². The number of benzene rings is 1. The Morgan fingerprint density at radius 1 is 1.39 bits per heavy atom. The Morgan fingerprint density at radius 2 is 2.11 bits per heavy atom. The molecule has 1 atom stereocenters. The monoisotopic (exact) mass is 266 g/mol. The SMILES string of the molecule is CCC1C(=O)NCC(=O)N1Cc1ccccc1Cl. The first kappa shape index (κ1) is 12.9. The molecular weight excluding hydrogens is 252 g/mol. The summed E-state index contributed by atoms with van der Waals surface area (Å²) in [6, 6.07) is 6.97. The molecule has 0 aliphatic carbocycles. The molecule has 1 N–H and O–H groups in total. The summed E-state index contributed by atoms with van der Waals surface area (Å²) < 4.78 is 0. The molecule has 2 rings (SSSR count). The molecule has 4 nitrogen and oxygen atoms in total. The number of halogens is 1. The van der Waals surface area contributed by atoms with E-state index in [0.717, 1.165) is 5.56 Å². The lowest BCUT2D eigenvalue weighted by Crippen LogP contribution is -2.57. The summed E-state index contributed by atoms with van der Waals surface area (Å²) in [5, 5.41) is 3.22. The highest BCUT2D eigenvalue weighted by Crippen LogP contribution is 2.20. The molecule has 96 valence electrons. The highest BCUT2D eigenvalue weighted by Gasteiger charge is 2.33. The van der Waals surface area contributed by atoms with Crippen LogP contribution in [0.25, 0.3) is 0 Å². The average Bonchev–Trinajstić information content (AvgIpc) is 2.37. The van der Waals surface area contributed by atoms with Crippen molar-refractivity contribution in [3.8, 4) is 0 Å². The highest BCUT2D eigenvalue weighted by atomic mass is 35.5. The fourth-order valence-electron chi connectivity index (χ4n) is 2.11. The van der Waals surface area contributed by atoms with Crippen LogP contribution in [-0.2, 0) is 16.1 Å². The predicted molar refractivity (Wildman–Crippen MR) is 69.1 cm³/mol. The minimum atomic E-state index is -0.400. The molecule has 1 aliphatic heterocycles. The predicted octanol–water partition coefficient (Wildman–Crippen LogP) is 1.58. The summed E-state index contributed by atoms with van der Waals surface area (Å²) in [5.41, 5.74) is 0.862. The van der Waals surface area contributed by atoms with E-state index < -0.39 is 6.04 Å². The molecule has 0 saturated carbocycles. The van der Waals surface area contributed by atoms with Crippen LogP contribution >= 0.6 is 11.6 Å². The van der Waals surface area contributed by atoms with Crippen molar-refractivity contribution in [1.29, 1.82) is 0 Å². The van der Waals surface area contributed by atoms with E-state index in [0.29, 0.717) is 18.0 Å². The van der Waals surface area contributed by atoms with Gasteiger partial charge < -0.3 is 10.2 Å². The van der Waals surface area contributed by atoms with Gasteiger partial charge in [0, 0.05) is 11.6 Å². The number of amides is 2. The van der Waals surface area contributed by atoms with Gasteiger partial charge in [0.05, 0.1) is 6.54 Å². The number of rotatable bonds is 3. The average molecular weight is 267 g/mol. The van der Waals surface area contributed by atoms with Gasteiger partial charge in [-0.1, -0.05) is 36.7 Å². The molecule has 1 aliphatic rings. The molecule has 1 aromatic carbocycles. The molecule has 5 heteroatoms. The van der Waals surface area contributed by atoms with Gasteiger partial charge in [0.15, 0.2) is 0 Å². The van der Waals surface area contributed by atoms with Crippen LogP contribution in [0.1, 0.15) is 18.9 Å². The minimum absolute atomic E-state index is 0.0682. The second kappa shape index (κ2) is 5.40. The molecular formula is C13H15ClN2O2. The van der Waals surface area contributed by atoms with E-state index >= 15 is 0 Å². The third-order valence-electron chi connectivity index (χ3n) is 3.10. The van der Waals surface area contributed by atoms with Gasteiger partial charge in [0.2, 0.25) is 11.8 Å². The first-order valence-electron chi connectivity index (χ1n) is 5.94. The molecule has 0 radical (unpaired) electrons. The summed E-state index contributed by atoms with van der Waals surface area (Å²) >= 11 is 6.08. The number of piperazine rings is 1. The van der Waals surface area contributed by atoms with Crippen molar-refractivity contribution in [2.45, 2.75) is 25.9 Å². The van der Waals surface area contributed by atoms with Crippen molar-refractivity contribution in [2.24, 2.45) is 0 Å². The molecule has 0 bridgehead atoms. The Hall–Kier alpha value is -1.55. The van der Waals surface area contributed by atoms with Crippen LogP contribution in [0.2, 0.25) is 5.02 Å². The Balaban J connectivity index is 2.22. The molecule has 2 amide bonds. The zero-order valence-corrected chi connectivity index (χ0v) is 10.9. The third-order valence-corrected chi connectivity index (χ3v) is 3.47. The molecule has 1 aromatic rings. The van der Waals surface area contributed by atoms with Crippen molar-refractivity contribution in [3.63, 3.8) is 0 Å². The molecule has 1 saturated heterocycles. The van der Waals surface area contributed by atoms with Crippen LogP contribution in [0.5, 0.6) is 0 Å². The fourth-order valence-corrected chi connectivity index (χ4v) is 2.31. The zero-order valence-electron chi connectivity index (χ0n) is 10.1. The lowest BCUT2D eigenvalue weighted by atomic mass is 10.1. The third kappa shape index (κ3) is 2.48. The topological polar surface area (TPSA) is 49.4 Å². The van der Waals surface area contributed by atoms with Gasteiger partial charge >= 0.3 is 0 Å². The number of nitrogens with one attached hydrogen (secondary N) is 1. The lowest BCUT2D eigenvalue weighted by Gasteiger charge is -2.34. The summed E-state index contributed by atoms with van der Waals surface area (Å²) in [5.74, 6) is -0.162. The maximum atomic E-state index is 11.9. The van der Waals surface area contributed by atoms with Crippen molar-refractivity contribution in [1.82, 2.24) is 10.2 Å². The van der Waals surface area contributed by atoms with Crippen LogP contribution in [0, 0.1) is 0 Å². The number of carbonyl (C=O) groups is 2. The van der Waals surface area contributed by atoms with Crippen molar-refractivity contribution in [3.05, 3.63) is 34.9 Å². The number of nitrogens with zero attached hydrogens (tertiary/aromatic N) is 1. The quantitative estimate of drug-likeness (QED) is 0.903. The second-order valence-electron chi connectivity index (χ2n) is 4.25. The Labute approximate surface area is 111 Å². The van der Waals surface area contributed by atoms with E-state index in [-0.39, 0.29) is 18.4 Å². The second-order valence-corrected chi connectivity index (χ2v) is 4.66. The number of hydrogen-bond acceptors (Lipinski definition) is 2. The van der Waals surface area contributed by atoms with Crippen LogP contribution in [0.15, 0.2) is 24.3 Å². The summed E-state index contributed by atoms with van der Waals surface area (Å²) in [6.07, 6.45) is 0.599. The summed E-state index contributed by atoms with van der Waals surface area (Å²) in [7, 11) is 0. The van der Waals surface area contributed by atoms with Gasteiger partial charge in [-0.3, -0.25) is 9.59 Å². The first-order valence-corrected chi connectivity index (χ1v) is 6.32. The fraction of sp³-hybridized carbons (Fsp3) is 0.385. The van der Waals surface area contributed by atoms with Gasteiger partial charge in [-0.15, -0.1) is 0 Å². The lowest BCUT2D eigenvalue weighted by molar-refractivity contribution is -0.146. The van der Waals surface area contributed by atoms with Crippen molar-refractivity contribution in [2.75, 3.05) is 6.54 Å². The molecule has 0 spiro atoms. The zero-order chi connectivity index (χ0) is 13.1. The first-order chi connectivity index (χ1) is 8.63. The molecule has 1 heterocycles. The van der Waals surface area contributed by atoms with E-state index in [2.05, 4.69) is 5.32 Å². The largest absolute Gasteiger partial charge is 0.345 e. The van der Waals surface area contributed by atoms with Crippen LogP contribution < -0.4 is 5.32 Å². The van der Waals surface area contributed by atoms with E-state index in [9.17, 15) is 9.59 Å². The van der Waals surface area contributed by atoms with E-state index in [1.54, 1.807) is 11.0 Å². The van der Waals surface area contributed by atoms with E-state index in [1.807, 2.05) is 25.1 Å². The molecule has 0 aromatic heterocycles. The molecule has 1 unspecified atom stereocenters. The van der Waals surface area contributed by atoms with Gasteiger partial charge in [-0.05, 0) is 18.1 Å². The number of hydrogen-bond donors (Lipinski definition) is 1. The Kier molecular flexibility index (Phi) is 3.87. The summed E-state index contributed by atoms with van der Waals surface area (Å²) in [4.78, 5) is 25.2. The molecule has 1 fully saturated rings. The highest BCUT2D eigenvalue weighted by molar-refractivity contribution is 6.31. The molecule has 18 heavy (non-hydrogen) atoms. The van der Waals surface area contributed by atoms with E-state index in [4.69, 9.17) is 11.6 Å². The standard InChI is InChI=1S/C13H15ClN2O2/c1-2-11-13(18)15-7-12(17)16(11)8-9-5-3-4-6-10(9)14/h3-6,11H,2,7-8H2,1H3,(H,15,18). The van der Waals surface area contributed by atoms with Crippen molar-refractivity contribution < 1.29 is 9.59 Å².